The molecular weight excluding hydrogens is 408 g/mol. The van der Waals surface area contributed by atoms with Crippen LogP contribution < -0.4 is 16.4 Å². The van der Waals surface area contributed by atoms with Gasteiger partial charge in [-0.3, -0.25) is 14.7 Å². The Morgan fingerprint density at radius 3 is 2.62 bits per heavy atom. The smallest absolute Gasteiger partial charge is 0.409 e. The number of ether oxygens (including phenoxy) is 1. The molecule has 0 aliphatic carbocycles. The molecule has 2 saturated heterocycles. The Morgan fingerprint density at radius 2 is 1.94 bits per heavy atom. The Bertz CT molecular complexity index is 807. The van der Waals surface area contributed by atoms with Crippen molar-refractivity contribution in [1.29, 1.82) is 0 Å². The van der Waals surface area contributed by atoms with Crippen LogP contribution in [0, 0.1) is 5.92 Å². The molecule has 0 bridgehead atoms. The minimum absolute atomic E-state index is 0.0394. The molecule has 1 unspecified atom stereocenters. The number of aliphatic imine (C=N–C) groups is 1. The first-order valence-electron chi connectivity index (χ1n) is 11.4. The lowest BCUT2D eigenvalue weighted by Crippen LogP contribution is -2.49. The molecular formula is C23H36N6O3. The minimum Gasteiger partial charge on any atom is -0.453 e. The first-order valence-corrected chi connectivity index (χ1v) is 11.4. The van der Waals surface area contributed by atoms with Gasteiger partial charge >= 0.3 is 6.09 Å². The van der Waals surface area contributed by atoms with Crippen LogP contribution in [0.1, 0.15) is 36.8 Å². The molecule has 0 spiro atoms. The molecule has 2 fully saturated rings. The van der Waals surface area contributed by atoms with Gasteiger partial charge in [-0.15, -0.1) is 0 Å². The number of likely N-dealkylation sites (tertiary alicyclic amines) is 2. The van der Waals surface area contributed by atoms with Crippen LogP contribution in [-0.4, -0.2) is 74.1 Å². The van der Waals surface area contributed by atoms with E-state index in [9.17, 15) is 9.59 Å². The number of nitrogens with one attached hydrogen (secondary N) is 2. The lowest BCUT2D eigenvalue weighted by molar-refractivity contribution is -0.123. The summed E-state index contributed by atoms with van der Waals surface area (Å²) in [6.45, 7) is 4.58. The number of guanidine groups is 1. The highest BCUT2D eigenvalue weighted by Crippen LogP contribution is 2.19. The van der Waals surface area contributed by atoms with Gasteiger partial charge in [-0.1, -0.05) is 24.3 Å². The molecule has 32 heavy (non-hydrogen) atoms. The topological polar surface area (TPSA) is 112 Å². The Kier molecular flexibility index (Phi) is 8.72. The molecule has 2 amide bonds. The Balaban J connectivity index is 1.46. The number of rotatable bonds is 6. The third kappa shape index (κ3) is 6.85. The van der Waals surface area contributed by atoms with E-state index in [1.807, 2.05) is 0 Å². The van der Waals surface area contributed by atoms with E-state index in [1.54, 1.807) is 11.9 Å². The Labute approximate surface area is 190 Å². The maximum absolute atomic E-state index is 11.6. The van der Waals surface area contributed by atoms with E-state index in [-0.39, 0.29) is 24.0 Å². The third-order valence-electron chi connectivity index (χ3n) is 6.26. The average Bonchev–Trinajstić information content (AvgIpc) is 2.82. The van der Waals surface area contributed by atoms with Crippen LogP contribution in [0.2, 0.25) is 0 Å². The average molecular weight is 445 g/mol. The van der Waals surface area contributed by atoms with Gasteiger partial charge in [0.15, 0.2) is 5.96 Å². The maximum Gasteiger partial charge on any atom is 0.409 e. The van der Waals surface area contributed by atoms with Crippen LogP contribution in [-0.2, 0) is 22.6 Å². The molecule has 2 aliphatic heterocycles. The fourth-order valence-corrected chi connectivity index (χ4v) is 4.44. The van der Waals surface area contributed by atoms with Gasteiger partial charge in [0, 0.05) is 45.8 Å². The van der Waals surface area contributed by atoms with E-state index in [0.717, 1.165) is 51.3 Å². The first kappa shape index (κ1) is 23.8. The van der Waals surface area contributed by atoms with Gasteiger partial charge < -0.3 is 26.0 Å². The second-order valence-corrected chi connectivity index (χ2v) is 8.60. The molecule has 2 heterocycles. The van der Waals surface area contributed by atoms with Crippen molar-refractivity contribution in [2.75, 3.05) is 40.3 Å². The monoisotopic (exact) mass is 444 g/mol. The molecule has 3 rings (SSSR count). The summed E-state index contributed by atoms with van der Waals surface area (Å²) in [7, 11) is 3.18. The zero-order valence-corrected chi connectivity index (χ0v) is 19.2. The number of nitrogens with zero attached hydrogens (tertiary/aromatic N) is 3. The lowest BCUT2D eigenvalue weighted by atomic mass is 9.97. The number of nitrogens with two attached hydrogens (primary N) is 1. The van der Waals surface area contributed by atoms with Gasteiger partial charge in [0.2, 0.25) is 5.91 Å². The zero-order valence-electron chi connectivity index (χ0n) is 19.2. The van der Waals surface area contributed by atoms with Crippen LogP contribution in [0.25, 0.3) is 0 Å². The highest BCUT2D eigenvalue weighted by Gasteiger charge is 2.25. The minimum atomic E-state index is -0.263. The number of amides is 2. The Morgan fingerprint density at radius 1 is 1.19 bits per heavy atom. The molecule has 1 aromatic carbocycles. The van der Waals surface area contributed by atoms with Gasteiger partial charge in [0.05, 0.1) is 13.0 Å². The Hall–Kier alpha value is -2.81. The summed E-state index contributed by atoms with van der Waals surface area (Å²) in [4.78, 5) is 31.6. The molecule has 1 atom stereocenters. The van der Waals surface area contributed by atoms with Crippen LogP contribution in [0.4, 0.5) is 4.79 Å². The van der Waals surface area contributed by atoms with Crippen LogP contribution >= 0.6 is 0 Å². The normalized spacial score (nSPS) is 20.6. The molecule has 1 aromatic rings. The fourth-order valence-electron chi connectivity index (χ4n) is 4.44. The summed E-state index contributed by atoms with van der Waals surface area (Å²) < 4.78 is 4.79. The molecule has 0 saturated carbocycles. The fraction of sp³-hybridized carbons (Fsp3) is 0.609. The van der Waals surface area contributed by atoms with Crippen LogP contribution in [0.3, 0.4) is 0 Å². The summed E-state index contributed by atoms with van der Waals surface area (Å²) in [5, 5.41) is 6.85. The molecule has 0 aromatic heterocycles. The van der Waals surface area contributed by atoms with E-state index in [2.05, 4.69) is 44.8 Å². The number of carbonyl (C=O) groups excluding carboxylic acids is 2. The molecule has 4 N–H and O–H groups in total. The largest absolute Gasteiger partial charge is 0.453 e. The molecule has 176 valence electrons. The van der Waals surface area contributed by atoms with Gasteiger partial charge in [-0.2, -0.15) is 0 Å². The van der Waals surface area contributed by atoms with Crippen molar-refractivity contribution in [3.8, 4) is 0 Å². The maximum atomic E-state index is 11.6. The molecule has 9 heteroatoms. The highest BCUT2D eigenvalue weighted by molar-refractivity contribution is 5.80. The highest BCUT2D eigenvalue weighted by atomic mass is 16.5. The van der Waals surface area contributed by atoms with E-state index in [0.29, 0.717) is 19.6 Å². The lowest BCUT2D eigenvalue weighted by Gasteiger charge is -2.32. The third-order valence-corrected chi connectivity index (χ3v) is 6.26. The van der Waals surface area contributed by atoms with Crippen molar-refractivity contribution < 1.29 is 14.3 Å². The van der Waals surface area contributed by atoms with Crippen molar-refractivity contribution in [1.82, 2.24) is 20.4 Å². The molecule has 9 nitrogen and oxygen atoms in total. The quantitative estimate of drug-likeness (QED) is 0.450. The number of benzene rings is 1. The molecule has 0 radical (unpaired) electrons. The number of primary amides is 1. The van der Waals surface area contributed by atoms with Gasteiger partial charge in [0.1, 0.15) is 0 Å². The summed E-state index contributed by atoms with van der Waals surface area (Å²) in [6.07, 6.45) is 3.35. The van der Waals surface area contributed by atoms with Crippen molar-refractivity contribution in [2.24, 2.45) is 16.6 Å². The van der Waals surface area contributed by atoms with E-state index in [4.69, 9.17) is 10.5 Å². The second kappa shape index (κ2) is 11.7. The predicted octanol–water partition coefficient (Wildman–Crippen LogP) is 1.28. The summed E-state index contributed by atoms with van der Waals surface area (Å²) in [5.74, 6) is 0.525. The number of hydrogen-bond donors (Lipinski definition) is 3. The number of carbonyl (C=O) groups is 2. The summed E-state index contributed by atoms with van der Waals surface area (Å²) in [5.41, 5.74) is 7.91. The van der Waals surface area contributed by atoms with Crippen molar-refractivity contribution in [3.63, 3.8) is 0 Å². The number of methoxy groups -OCH3 is 1. The van der Waals surface area contributed by atoms with E-state index < -0.39 is 0 Å². The predicted molar refractivity (Wildman–Crippen MR) is 124 cm³/mol. The van der Waals surface area contributed by atoms with E-state index in [1.165, 1.54) is 18.2 Å². The zero-order chi connectivity index (χ0) is 22.9. The SMILES string of the molecule is CN=C(NCc1cccc(CN2CCCC(C(N)=O)C2)c1)NC1CCN(C(=O)OC)CC1. The first-order chi connectivity index (χ1) is 15.5. The molecule has 2 aliphatic rings. The van der Waals surface area contributed by atoms with Crippen LogP contribution in [0.15, 0.2) is 29.3 Å². The van der Waals surface area contributed by atoms with Gasteiger partial charge in [0.25, 0.3) is 0 Å². The number of hydrogen-bond acceptors (Lipinski definition) is 5. The van der Waals surface area contributed by atoms with Gasteiger partial charge in [-0.25, -0.2) is 4.79 Å². The summed E-state index contributed by atoms with van der Waals surface area (Å²) >= 11 is 0. The van der Waals surface area contributed by atoms with Crippen molar-refractivity contribution in [2.45, 2.75) is 44.8 Å². The van der Waals surface area contributed by atoms with Crippen molar-refractivity contribution >= 4 is 18.0 Å². The van der Waals surface area contributed by atoms with Gasteiger partial charge in [-0.05, 0) is 43.4 Å². The van der Waals surface area contributed by atoms with Crippen molar-refractivity contribution in [3.05, 3.63) is 35.4 Å². The number of piperidine rings is 2. The van der Waals surface area contributed by atoms with E-state index >= 15 is 0 Å². The van der Waals surface area contributed by atoms with Crippen LogP contribution in [0.5, 0.6) is 0 Å². The second-order valence-electron chi connectivity index (χ2n) is 8.60. The standard InChI is InChI=1S/C23H36N6O3/c1-25-22(27-20-8-11-29(12-9-20)23(31)32-2)26-14-17-5-3-6-18(13-17)15-28-10-4-7-19(16-28)21(24)30/h3,5-6,13,19-20H,4,7-12,14-16H2,1-2H3,(H2,24,30)(H2,25,26,27). The summed E-state index contributed by atoms with van der Waals surface area (Å²) in [6, 6.07) is 8.76.